The second kappa shape index (κ2) is 3.92. The number of hydrogen-bond acceptors (Lipinski definition) is 1. The van der Waals surface area contributed by atoms with Crippen LogP contribution in [0.15, 0.2) is 24.3 Å². The Labute approximate surface area is 90.4 Å². The summed E-state index contributed by atoms with van der Waals surface area (Å²) in [4.78, 5) is 0. The van der Waals surface area contributed by atoms with Crippen molar-refractivity contribution in [2.75, 3.05) is 0 Å². The molecule has 0 aromatic heterocycles. The molecule has 1 N–H and O–H groups in total. The lowest BCUT2D eigenvalue weighted by Crippen LogP contribution is -2.14. The molecule has 0 radical (unpaired) electrons. The number of hydrogen-bond donors (Lipinski definition) is 1. The van der Waals surface area contributed by atoms with Gasteiger partial charge in [-0.05, 0) is 18.1 Å². The van der Waals surface area contributed by atoms with Gasteiger partial charge in [0.15, 0.2) is 0 Å². The average molecular weight is 198 g/mol. The van der Waals surface area contributed by atoms with E-state index in [0.717, 1.165) is 0 Å². The van der Waals surface area contributed by atoms with Crippen LogP contribution in [0.5, 0.6) is 0 Å². The normalized spacial score (nSPS) is 19.7. The molecule has 0 amide bonds. The summed E-state index contributed by atoms with van der Waals surface area (Å²) in [6.45, 7) is 2.07. The largest absolute Gasteiger partial charge is 0.391 e. The molecule has 0 saturated carbocycles. The van der Waals surface area contributed by atoms with E-state index < -0.39 is 6.10 Å². The third-order valence-corrected chi connectivity index (χ3v) is 2.83. The molecule has 2 unspecified atom stereocenters. The van der Waals surface area contributed by atoms with Gasteiger partial charge in [0.1, 0.15) is 0 Å². The van der Waals surface area contributed by atoms with Gasteiger partial charge in [0.25, 0.3) is 0 Å². The van der Waals surface area contributed by atoms with Gasteiger partial charge in [0, 0.05) is 12.3 Å². The van der Waals surface area contributed by atoms with E-state index in [4.69, 9.17) is 6.42 Å². The van der Waals surface area contributed by atoms with Crippen molar-refractivity contribution in [1.82, 2.24) is 0 Å². The molecule has 0 heterocycles. The minimum atomic E-state index is -0.463. The predicted octanol–water partition coefficient (Wildman–Crippen LogP) is 2.49. The predicted molar refractivity (Wildman–Crippen MR) is 62.4 cm³/mol. The van der Waals surface area contributed by atoms with E-state index in [1.54, 1.807) is 0 Å². The Kier molecular flexibility index (Phi) is 2.62. The first-order valence-electron chi connectivity index (χ1n) is 5.12. The lowest BCUT2D eigenvalue weighted by atomic mass is 9.93. The fourth-order valence-electron chi connectivity index (χ4n) is 2.04. The first-order chi connectivity index (χ1) is 7.22. The van der Waals surface area contributed by atoms with Gasteiger partial charge in [0.05, 0.1) is 6.10 Å². The quantitative estimate of drug-likeness (QED) is 0.724. The van der Waals surface area contributed by atoms with Crippen molar-refractivity contribution in [2.45, 2.75) is 25.4 Å². The molecule has 1 aromatic rings. The van der Waals surface area contributed by atoms with Gasteiger partial charge in [-0.3, -0.25) is 0 Å². The summed E-state index contributed by atoms with van der Waals surface area (Å²) in [7, 11) is 0. The van der Waals surface area contributed by atoms with Crippen molar-refractivity contribution < 1.29 is 5.11 Å². The summed E-state index contributed by atoms with van der Waals surface area (Å²) in [5.74, 6) is 2.57. The first kappa shape index (κ1) is 10.0. The van der Waals surface area contributed by atoms with Gasteiger partial charge in [-0.1, -0.05) is 35.9 Å². The monoisotopic (exact) mass is 198 g/mol. The number of benzene rings is 1. The van der Waals surface area contributed by atoms with Crippen LogP contribution < -0.4 is 0 Å². The molecule has 0 saturated heterocycles. The fourth-order valence-corrected chi connectivity index (χ4v) is 2.04. The second-order valence-corrected chi connectivity index (χ2v) is 3.99. The topological polar surface area (TPSA) is 20.2 Å². The summed E-state index contributed by atoms with van der Waals surface area (Å²) in [5.41, 5.74) is 3.63. The highest BCUT2D eigenvalue weighted by atomic mass is 16.3. The molecular weight excluding hydrogens is 184 g/mol. The van der Waals surface area contributed by atoms with Crippen LogP contribution in [0.2, 0.25) is 0 Å². The number of aliphatic hydroxyl groups excluding tert-OH is 1. The van der Waals surface area contributed by atoms with Gasteiger partial charge >= 0.3 is 0 Å². The standard InChI is InChI=1S/C14H14O/c1-3-4-14(15)13-8-6-11-9-10(2)5-7-12(11)13/h1,5-9,13-15H,4H2,2H3. The molecule has 1 aliphatic carbocycles. The zero-order chi connectivity index (χ0) is 10.8. The molecule has 2 atom stereocenters. The molecule has 1 aliphatic rings. The minimum Gasteiger partial charge on any atom is -0.391 e. The summed E-state index contributed by atoms with van der Waals surface area (Å²) in [6.07, 6.45) is 9.25. The Morgan fingerprint density at radius 1 is 1.53 bits per heavy atom. The Balaban J connectivity index is 2.30. The molecule has 0 fully saturated rings. The highest BCUT2D eigenvalue weighted by Gasteiger charge is 2.23. The Morgan fingerprint density at radius 3 is 3.07 bits per heavy atom. The lowest BCUT2D eigenvalue weighted by Gasteiger charge is -2.16. The van der Waals surface area contributed by atoms with Crippen molar-refractivity contribution >= 4 is 6.08 Å². The van der Waals surface area contributed by atoms with Crippen LogP contribution in [-0.4, -0.2) is 11.2 Å². The average Bonchev–Trinajstić information content (AvgIpc) is 2.60. The van der Waals surface area contributed by atoms with Crippen LogP contribution in [0.3, 0.4) is 0 Å². The smallest absolute Gasteiger partial charge is 0.0752 e. The van der Waals surface area contributed by atoms with Crippen LogP contribution in [-0.2, 0) is 0 Å². The van der Waals surface area contributed by atoms with E-state index in [-0.39, 0.29) is 5.92 Å². The van der Waals surface area contributed by atoms with Crippen molar-refractivity contribution in [3.63, 3.8) is 0 Å². The van der Waals surface area contributed by atoms with Crippen molar-refractivity contribution in [3.8, 4) is 12.3 Å². The Bertz CT molecular complexity index is 437. The van der Waals surface area contributed by atoms with E-state index in [1.165, 1.54) is 16.7 Å². The van der Waals surface area contributed by atoms with E-state index in [9.17, 15) is 5.11 Å². The van der Waals surface area contributed by atoms with Gasteiger partial charge in [-0.2, -0.15) is 0 Å². The van der Waals surface area contributed by atoms with E-state index in [2.05, 4.69) is 37.1 Å². The third-order valence-electron chi connectivity index (χ3n) is 2.83. The maximum Gasteiger partial charge on any atom is 0.0752 e. The second-order valence-electron chi connectivity index (χ2n) is 3.99. The molecule has 1 aromatic carbocycles. The van der Waals surface area contributed by atoms with Gasteiger partial charge in [-0.25, -0.2) is 0 Å². The van der Waals surface area contributed by atoms with E-state index in [0.29, 0.717) is 6.42 Å². The highest BCUT2D eigenvalue weighted by molar-refractivity contribution is 5.63. The first-order valence-corrected chi connectivity index (χ1v) is 5.12. The molecule has 0 bridgehead atoms. The van der Waals surface area contributed by atoms with Crippen LogP contribution in [0.1, 0.15) is 29.0 Å². The van der Waals surface area contributed by atoms with Crippen LogP contribution in [0.25, 0.3) is 6.08 Å². The van der Waals surface area contributed by atoms with E-state index in [1.807, 2.05) is 6.08 Å². The molecule has 0 spiro atoms. The molecule has 0 aliphatic heterocycles. The Hall–Kier alpha value is -1.52. The summed E-state index contributed by atoms with van der Waals surface area (Å²) in [5, 5.41) is 9.87. The maximum atomic E-state index is 9.87. The van der Waals surface area contributed by atoms with Crippen LogP contribution in [0.4, 0.5) is 0 Å². The van der Waals surface area contributed by atoms with Crippen LogP contribution in [0, 0.1) is 19.3 Å². The SMILES string of the molecule is C#CCC(O)C1C=Cc2cc(C)ccc21. The van der Waals surface area contributed by atoms with Crippen LogP contribution >= 0.6 is 0 Å². The van der Waals surface area contributed by atoms with Crippen molar-refractivity contribution in [3.05, 3.63) is 41.0 Å². The molecular formula is C14H14O. The number of terminal acetylenes is 1. The molecule has 15 heavy (non-hydrogen) atoms. The summed E-state index contributed by atoms with van der Waals surface area (Å²) in [6, 6.07) is 6.28. The lowest BCUT2D eigenvalue weighted by molar-refractivity contribution is 0.165. The third kappa shape index (κ3) is 1.82. The number of aliphatic hydroxyl groups is 1. The van der Waals surface area contributed by atoms with Gasteiger partial charge in [0.2, 0.25) is 0 Å². The Morgan fingerprint density at radius 2 is 2.33 bits per heavy atom. The molecule has 2 rings (SSSR count). The maximum absolute atomic E-state index is 9.87. The fraction of sp³-hybridized carbons (Fsp3) is 0.286. The summed E-state index contributed by atoms with van der Waals surface area (Å²) < 4.78 is 0. The molecule has 1 heteroatoms. The molecule has 1 nitrogen and oxygen atoms in total. The van der Waals surface area contributed by atoms with Crippen molar-refractivity contribution in [1.29, 1.82) is 0 Å². The number of aryl methyl sites for hydroxylation is 1. The zero-order valence-corrected chi connectivity index (χ0v) is 8.77. The number of rotatable bonds is 2. The molecule has 76 valence electrons. The highest BCUT2D eigenvalue weighted by Crippen LogP contribution is 2.33. The summed E-state index contributed by atoms with van der Waals surface area (Å²) >= 11 is 0. The zero-order valence-electron chi connectivity index (χ0n) is 8.77. The van der Waals surface area contributed by atoms with E-state index >= 15 is 0 Å². The number of fused-ring (bicyclic) bond motifs is 1. The van der Waals surface area contributed by atoms with Gasteiger partial charge in [-0.15, -0.1) is 12.3 Å². The van der Waals surface area contributed by atoms with Gasteiger partial charge < -0.3 is 5.11 Å². The van der Waals surface area contributed by atoms with Crippen molar-refractivity contribution in [2.24, 2.45) is 0 Å². The minimum absolute atomic E-state index is 0.0663.